The Bertz CT molecular complexity index is 449. The second-order valence-corrected chi connectivity index (χ2v) is 5.24. The lowest BCUT2D eigenvalue weighted by molar-refractivity contribution is 0.145. The van der Waals surface area contributed by atoms with Gasteiger partial charge in [0.05, 0.1) is 0 Å². The minimum absolute atomic E-state index is 0.158. The van der Waals surface area contributed by atoms with Crippen molar-refractivity contribution in [1.82, 2.24) is 4.98 Å². The first-order valence-corrected chi connectivity index (χ1v) is 5.90. The summed E-state index contributed by atoms with van der Waals surface area (Å²) in [6, 6.07) is 1.77. The van der Waals surface area contributed by atoms with Crippen molar-refractivity contribution in [2.24, 2.45) is 0 Å². The number of hydrogen-bond acceptors (Lipinski definition) is 3. The molecule has 0 spiro atoms. The summed E-state index contributed by atoms with van der Waals surface area (Å²) < 4.78 is 45.8. The third-order valence-electron chi connectivity index (χ3n) is 1.26. The van der Waals surface area contributed by atoms with Gasteiger partial charge in [0.2, 0.25) is 0 Å². The van der Waals surface area contributed by atoms with Gasteiger partial charge in [0.15, 0.2) is 5.03 Å². The Kier molecular flexibility index (Phi) is 3.28. The van der Waals surface area contributed by atoms with Crippen molar-refractivity contribution in [3.8, 4) is 0 Å². The lowest BCUT2D eigenvalue weighted by Gasteiger charge is -2.01. The van der Waals surface area contributed by atoms with Gasteiger partial charge < -0.3 is 0 Å². The lowest BCUT2D eigenvalue weighted by atomic mass is 10.4. The second kappa shape index (κ2) is 3.96. The largest absolute Gasteiger partial charge is 0.280 e. The molecule has 0 unspecified atom stereocenters. The molecule has 0 aliphatic rings. The van der Waals surface area contributed by atoms with Crippen LogP contribution in [0.4, 0.5) is 8.78 Å². The van der Waals surface area contributed by atoms with Crippen molar-refractivity contribution in [3.63, 3.8) is 0 Å². The smallest absolute Gasteiger partial charge is 0.234 e. The van der Waals surface area contributed by atoms with E-state index in [1.54, 1.807) is 0 Å². The fraction of sp³-hybridized carbons (Fsp3) is 0.167. The van der Waals surface area contributed by atoms with Gasteiger partial charge in [-0.25, -0.2) is 22.2 Å². The average Bonchev–Trinajstić information content (AvgIpc) is 2.01. The molecule has 0 amide bonds. The molecule has 78 valence electrons. The zero-order valence-corrected chi connectivity index (χ0v) is 8.74. The van der Waals surface area contributed by atoms with Gasteiger partial charge in [0.25, 0.3) is 15.5 Å². The Hall–Kier alpha value is -0.460. The number of aromatic nitrogens is 1. The lowest BCUT2D eigenvalue weighted by Crippen LogP contribution is -1.99. The number of pyridine rings is 1. The van der Waals surface area contributed by atoms with E-state index in [1.807, 2.05) is 0 Å². The highest BCUT2D eigenvalue weighted by atomic mass is 35.7. The zero-order chi connectivity index (χ0) is 10.9. The van der Waals surface area contributed by atoms with E-state index in [0.717, 1.165) is 12.1 Å². The molecule has 0 bridgehead atoms. The van der Waals surface area contributed by atoms with Crippen LogP contribution in [0, 0.1) is 0 Å². The van der Waals surface area contributed by atoms with E-state index >= 15 is 0 Å². The molecule has 0 saturated carbocycles. The third kappa shape index (κ3) is 2.76. The van der Waals surface area contributed by atoms with E-state index in [9.17, 15) is 17.2 Å². The van der Waals surface area contributed by atoms with Crippen LogP contribution in [-0.4, -0.2) is 13.4 Å². The molecule has 14 heavy (non-hydrogen) atoms. The molecule has 0 atom stereocenters. The van der Waals surface area contributed by atoms with Crippen LogP contribution in [0.3, 0.4) is 0 Å². The van der Waals surface area contributed by atoms with E-state index in [4.69, 9.17) is 22.3 Å². The van der Waals surface area contributed by atoms with E-state index in [0.29, 0.717) is 0 Å². The standard InChI is InChI=1S/C6H3Cl2F2NO2S/c7-3-1-4(6(9)10)11-5(2-3)14(8,12)13/h1-2,6H. The number of rotatable bonds is 2. The second-order valence-electron chi connectivity index (χ2n) is 2.29. The van der Waals surface area contributed by atoms with Crippen LogP contribution in [0.1, 0.15) is 12.1 Å². The summed E-state index contributed by atoms with van der Waals surface area (Å²) in [5.74, 6) is 0. The van der Waals surface area contributed by atoms with Crippen LogP contribution >= 0.6 is 22.3 Å². The molecule has 8 heteroatoms. The normalized spacial score (nSPS) is 12.1. The fourth-order valence-electron chi connectivity index (χ4n) is 0.729. The maximum absolute atomic E-state index is 12.2. The minimum atomic E-state index is -4.14. The molecule has 0 aliphatic heterocycles. The molecule has 0 aromatic carbocycles. The number of halogens is 4. The van der Waals surface area contributed by atoms with Crippen molar-refractivity contribution in [1.29, 1.82) is 0 Å². The zero-order valence-electron chi connectivity index (χ0n) is 6.42. The Morgan fingerprint density at radius 2 is 1.93 bits per heavy atom. The van der Waals surface area contributed by atoms with Gasteiger partial charge in [-0.15, -0.1) is 0 Å². The van der Waals surface area contributed by atoms with E-state index < -0.39 is 26.2 Å². The molecule has 0 N–H and O–H groups in total. The highest BCUT2D eigenvalue weighted by molar-refractivity contribution is 8.13. The predicted molar refractivity (Wildman–Crippen MR) is 47.2 cm³/mol. The highest BCUT2D eigenvalue weighted by Crippen LogP contribution is 2.24. The van der Waals surface area contributed by atoms with E-state index in [-0.39, 0.29) is 5.02 Å². The van der Waals surface area contributed by atoms with Crippen molar-refractivity contribution < 1.29 is 17.2 Å². The molecular formula is C6H3Cl2F2NO2S. The van der Waals surface area contributed by atoms with Crippen molar-refractivity contribution in [2.75, 3.05) is 0 Å². The first kappa shape index (κ1) is 11.6. The Labute approximate surface area is 88.1 Å². The predicted octanol–water partition coefficient (Wildman–Crippen LogP) is 2.60. The van der Waals surface area contributed by atoms with Crippen LogP contribution < -0.4 is 0 Å². The summed E-state index contributed by atoms with van der Waals surface area (Å²) in [6.07, 6.45) is -2.90. The first-order chi connectivity index (χ1) is 6.30. The maximum Gasteiger partial charge on any atom is 0.280 e. The summed E-state index contributed by atoms with van der Waals surface area (Å²) in [6.45, 7) is 0. The molecule has 1 aromatic rings. The summed E-state index contributed by atoms with van der Waals surface area (Å²) in [5.41, 5.74) is -0.725. The maximum atomic E-state index is 12.2. The Morgan fingerprint density at radius 3 is 2.36 bits per heavy atom. The molecule has 0 radical (unpaired) electrons. The summed E-state index contributed by atoms with van der Waals surface area (Å²) in [5, 5.41) is -0.837. The highest BCUT2D eigenvalue weighted by Gasteiger charge is 2.17. The van der Waals surface area contributed by atoms with Crippen LogP contribution in [0.2, 0.25) is 5.02 Å². The molecule has 1 heterocycles. The molecule has 1 aromatic heterocycles. The SMILES string of the molecule is O=S(=O)(Cl)c1cc(Cl)cc(C(F)F)n1. The number of alkyl halides is 2. The summed E-state index contributed by atoms with van der Waals surface area (Å²) in [7, 11) is 0.775. The van der Waals surface area contributed by atoms with E-state index in [2.05, 4.69) is 4.98 Å². The molecule has 3 nitrogen and oxygen atoms in total. The van der Waals surface area contributed by atoms with Crippen LogP contribution in [0.25, 0.3) is 0 Å². The van der Waals surface area contributed by atoms with Gasteiger partial charge in [-0.2, -0.15) is 0 Å². The third-order valence-corrected chi connectivity index (χ3v) is 2.66. The minimum Gasteiger partial charge on any atom is -0.234 e. The van der Waals surface area contributed by atoms with Crippen molar-refractivity contribution in [2.45, 2.75) is 11.5 Å². The Morgan fingerprint density at radius 1 is 1.36 bits per heavy atom. The van der Waals surface area contributed by atoms with Crippen LogP contribution in [0.15, 0.2) is 17.2 Å². The molecule has 0 fully saturated rings. The van der Waals surface area contributed by atoms with Gasteiger partial charge in [0, 0.05) is 15.7 Å². The first-order valence-electron chi connectivity index (χ1n) is 3.21. The quantitative estimate of drug-likeness (QED) is 0.769. The van der Waals surface area contributed by atoms with Crippen molar-refractivity contribution >= 4 is 31.3 Å². The van der Waals surface area contributed by atoms with Crippen molar-refractivity contribution in [3.05, 3.63) is 22.8 Å². The van der Waals surface area contributed by atoms with E-state index in [1.165, 1.54) is 0 Å². The molecular weight excluding hydrogens is 259 g/mol. The Balaban J connectivity index is 3.35. The molecule has 1 rings (SSSR count). The summed E-state index contributed by atoms with van der Waals surface area (Å²) >= 11 is 5.40. The number of nitrogens with zero attached hydrogens (tertiary/aromatic N) is 1. The van der Waals surface area contributed by atoms with Gasteiger partial charge in [-0.1, -0.05) is 11.6 Å². The average molecular weight is 262 g/mol. The fourth-order valence-corrected chi connectivity index (χ4v) is 1.73. The molecule has 0 aliphatic carbocycles. The monoisotopic (exact) mass is 261 g/mol. The summed E-state index contributed by atoms with van der Waals surface area (Å²) in [4.78, 5) is 3.15. The van der Waals surface area contributed by atoms with Gasteiger partial charge >= 0.3 is 0 Å². The number of hydrogen-bond donors (Lipinski definition) is 0. The topological polar surface area (TPSA) is 47.0 Å². The van der Waals surface area contributed by atoms with Crippen LogP contribution in [0.5, 0.6) is 0 Å². The van der Waals surface area contributed by atoms with Gasteiger partial charge in [-0.3, -0.25) is 0 Å². The molecule has 0 saturated heterocycles. The van der Waals surface area contributed by atoms with Gasteiger partial charge in [0.1, 0.15) is 5.69 Å². The van der Waals surface area contributed by atoms with Gasteiger partial charge in [-0.05, 0) is 12.1 Å². The van der Waals surface area contributed by atoms with Crippen LogP contribution in [-0.2, 0) is 9.05 Å².